The molecule has 4 atom stereocenters. The van der Waals surface area contributed by atoms with Crippen molar-refractivity contribution in [3.63, 3.8) is 0 Å². The average molecular weight is 393 g/mol. The molecule has 0 radical (unpaired) electrons. The fourth-order valence-corrected chi connectivity index (χ4v) is 4.04. The molecule has 4 nitrogen and oxygen atoms in total. The molecule has 1 amide bonds. The summed E-state index contributed by atoms with van der Waals surface area (Å²) in [7, 11) is 1.70. The van der Waals surface area contributed by atoms with Crippen molar-refractivity contribution >= 4 is 5.91 Å². The zero-order valence-electron chi connectivity index (χ0n) is 15.1. The molecule has 0 aliphatic carbocycles. The molecule has 1 aromatic heterocycles. The predicted octanol–water partition coefficient (Wildman–Crippen LogP) is 3.60. The van der Waals surface area contributed by atoms with Crippen molar-refractivity contribution < 1.29 is 22.4 Å². The molecule has 0 bridgehead atoms. The monoisotopic (exact) mass is 393 g/mol. The van der Waals surface area contributed by atoms with E-state index in [9.17, 15) is 22.4 Å². The first-order valence-electron chi connectivity index (χ1n) is 9.02. The highest BCUT2D eigenvalue weighted by molar-refractivity contribution is 5.82. The molecule has 0 spiro atoms. The number of fused-ring (bicyclic) bond motifs is 1. The highest BCUT2D eigenvalue weighted by Gasteiger charge is 2.47. The van der Waals surface area contributed by atoms with Gasteiger partial charge in [0, 0.05) is 25.8 Å². The van der Waals surface area contributed by atoms with Crippen LogP contribution in [-0.4, -0.2) is 41.6 Å². The van der Waals surface area contributed by atoms with Crippen LogP contribution in [0, 0.1) is 5.92 Å². The second kappa shape index (κ2) is 6.84. The number of likely N-dealkylation sites (tertiary alicyclic amines) is 1. The van der Waals surface area contributed by atoms with E-state index in [1.54, 1.807) is 24.1 Å². The van der Waals surface area contributed by atoms with Crippen LogP contribution in [0.2, 0.25) is 0 Å². The third-order valence-electron chi connectivity index (χ3n) is 5.53. The number of benzene rings is 1. The molecule has 2 aromatic rings. The molecule has 28 heavy (non-hydrogen) atoms. The number of halogens is 4. The Morgan fingerprint density at radius 2 is 1.86 bits per heavy atom. The van der Waals surface area contributed by atoms with Crippen LogP contribution in [0.25, 0.3) is 11.1 Å². The molecule has 1 aromatic carbocycles. The third-order valence-corrected chi connectivity index (χ3v) is 5.53. The first-order valence-corrected chi connectivity index (χ1v) is 9.02. The standard InChI is InChI=1S/C20H19F4N3O/c1-27-10-17-14(19(27)28)9-15(21)18(26-17)16-8-12(6-7-25-16)11-2-4-13(5-3-11)20(22,23)24/h2-8,14-15,17-18,26H,9-10H2,1H3/t14?,15-,17?,18-/m1/s1. The highest BCUT2D eigenvalue weighted by Crippen LogP contribution is 2.36. The number of hydrogen-bond acceptors (Lipinski definition) is 3. The first-order chi connectivity index (χ1) is 13.2. The Hall–Kier alpha value is -2.48. The highest BCUT2D eigenvalue weighted by atomic mass is 19.4. The van der Waals surface area contributed by atoms with Crippen molar-refractivity contribution in [2.24, 2.45) is 5.92 Å². The van der Waals surface area contributed by atoms with Crippen LogP contribution in [0.4, 0.5) is 17.6 Å². The Labute approximate surface area is 159 Å². The molecule has 2 aliphatic heterocycles. The lowest BCUT2D eigenvalue weighted by Gasteiger charge is -2.34. The van der Waals surface area contributed by atoms with Crippen molar-refractivity contribution in [3.8, 4) is 11.1 Å². The number of aromatic nitrogens is 1. The van der Waals surface area contributed by atoms with Gasteiger partial charge in [0.25, 0.3) is 0 Å². The van der Waals surface area contributed by atoms with Gasteiger partial charge >= 0.3 is 6.18 Å². The maximum Gasteiger partial charge on any atom is 0.416 e. The van der Waals surface area contributed by atoms with E-state index in [1.807, 2.05) is 0 Å². The second-order valence-electron chi connectivity index (χ2n) is 7.37. The van der Waals surface area contributed by atoms with Crippen molar-refractivity contribution in [1.29, 1.82) is 0 Å². The minimum Gasteiger partial charge on any atom is -0.344 e. The van der Waals surface area contributed by atoms with Crippen LogP contribution in [0.5, 0.6) is 0 Å². The SMILES string of the molecule is CN1CC2N[C@@H](c3cc(-c4ccc(C(F)(F)F)cc4)ccn3)[C@H](F)CC2C1=O. The van der Waals surface area contributed by atoms with Gasteiger partial charge in [0.15, 0.2) is 0 Å². The molecule has 2 unspecified atom stereocenters. The number of pyridine rings is 1. The fourth-order valence-electron chi connectivity index (χ4n) is 4.04. The molecule has 0 saturated carbocycles. The normalized spacial score (nSPS) is 27.8. The van der Waals surface area contributed by atoms with E-state index >= 15 is 0 Å². The number of nitrogens with one attached hydrogen (secondary N) is 1. The van der Waals surface area contributed by atoms with Crippen molar-refractivity contribution in [2.75, 3.05) is 13.6 Å². The van der Waals surface area contributed by atoms with Crippen LogP contribution in [0.1, 0.15) is 23.7 Å². The van der Waals surface area contributed by atoms with Gasteiger partial charge < -0.3 is 10.2 Å². The van der Waals surface area contributed by atoms with Crippen molar-refractivity contribution in [3.05, 3.63) is 53.9 Å². The summed E-state index contributed by atoms with van der Waals surface area (Å²) < 4.78 is 53.0. The summed E-state index contributed by atoms with van der Waals surface area (Å²) in [6, 6.07) is 7.41. The van der Waals surface area contributed by atoms with Gasteiger partial charge in [-0.05, 0) is 41.8 Å². The van der Waals surface area contributed by atoms with Crippen LogP contribution in [0.3, 0.4) is 0 Å². The molecular weight excluding hydrogens is 374 g/mol. The number of carbonyl (C=O) groups excluding carboxylic acids is 1. The Morgan fingerprint density at radius 1 is 1.14 bits per heavy atom. The number of nitrogens with zero attached hydrogens (tertiary/aromatic N) is 2. The van der Waals surface area contributed by atoms with E-state index in [4.69, 9.17) is 0 Å². The molecule has 4 rings (SSSR count). The van der Waals surface area contributed by atoms with E-state index in [2.05, 4.69) is 10.3 Å². The van der Waals surface area contributed by atoms with E-state index < -0.39 is 24.0 Å². The number of likely N-dealkylation sites (N-methyl/N-ethyl adjacent to an activating group) is 1. The number of alkyl halides is 4. The number of hydrogen-bond donors (Lipinski definition) is 1. The maximum absolute atomic E-state index is 14.8. The van der Waals surface area contributed by atoms with Gasteiger partial charge in [0.2, 0.25) is 5.91 Å². The minimum atomic E-state index is -4.39. The van der Waals surface area contributed by atoms with Crippen molar-refractivity contribution in [1.82, 2.24) is 15.2 Å². The lowest BCUT2D eigenvalue weighted by Crippen LogP contribution is -2.48. The average Bonchev–Trinajstić information content (AvgIpc) is 2.94. The molecule has 3 heterocycles. The Balaban J connectivity index is 1.58. The second-order valence-corrected chi connectivity index (χ2v) is 7.37. The van der Waals surface area contributed by atoms with Gasteiger partial charge in [-0.25, -0.2) is 4.39 Å². The van der Waals surface area contributed by atoms with Crippen LogP contribution >= 0.6 is 0 Å². The minimum absolute atomic E-state index is 0.0509. The number of piperidine rings is 1. The van der Waals surface area contributed by atoms with E-state index in [0.717, 1.165) is 12.1 Å². The lowest BCUT2D eigenvalue weighted by molar-refractivity contribution is -0.137. The van der Waals surface area contributed by atoms with E-state index in [-0.39, 0.29) is 24.3 Å². The van der Waals surface area contributed by atoms with Gasteiger partial charge in [-0.3, -0.25) is 9.78 Å². The van der Waals surface area contributed by atoms with Crippen LogP contribution < -0.4 is 5.32 Å². The quantitative estimate of drug-likeness (QED) is 0.793. The summed E-state index contributed by atoms with van der Waals surface area (Å²) in [6.07, 6.45) is -4.00. The summed E-state index contributed by atoms with van der Waals surface area (Å²) in [5.74, 6) is -0.417. The number of carbonyl (C=O) groups is 1. The fraction of sp³-hybridized carbons (Fsp3) is 0.400. The molecule has 2 fully saturated rings. The molecule has 148 valence electrons. The van der Waals surface area contributed by atoms with Crippen LogP contribution in [0.15, 0.2) is 42.6 Å². The Bertz CT molecular complexity index is 884. The smallest absolute Gasteiger partial charge is 0.344 e. The van der Waals surface area contributed by atoms with Gasteiger partial charge in [-0.15, -0.1) is 0 Å². The van der Waals surface area contributed by atoms with Gasteiger partial charge in [-0.2, -0.15) is 13.2 Å². The number of amides is 1. The Morgan fingerprint density at radius 3 is 2.54 bits per heavy atom. The first kappa shape index (κ1) is 18.9. The summed E-state index contributed by atoms with van der Waals surface area (Å²) in [6.45, 7) is 0.519. The molecule has 1 N–H and O–H groups in total. The molecule has 8 heteroatoms. The summed E-state index contributed by atoms with van der Waals surface area (Å²) in [5.41, 5.74) is 1.01. The summed E-state index contributed by atoms with van der Waals surface area (Å²) in [4.78, 5) is 18.0. The Kier molecular flexibility index (Phi) is 4.61. The zero-order valence-corrected chi connectivity index (χ0v) is 15.1. The largest absolute Gasteiger partial charge is 0.416 e. The molecule has 2 aliphatic rings. The topological polar surface area (TPSA) is 45.2 Å². The van der Waals surface area contributed by atoms with Crippen molar-refractivity contribution in [2.45, 2.75) is 30.9 Å². The lowest BCUT2D eigenvalue weighted by atomic mass is 9.86. The molecule has 2 saturated heterocycles. The summed E-state index contributed by atoms with van der Waals surface area (Å²) in [5, 5.41) is 3.20. The molecular formula is C20H19F4N3O. The van der Waals surface area contributed by atoms with Gasteiger partial charge in [0.05, 0.1) is 23.2 Å². The summed E-state index contributed by atoms with van der Waals surface area (Å²) >= 11 is 0. The van der Waals surface area contributed by atoms with Gasteiger partial charge in [-0.1, -0.05) is 12.1 Å². The third kappa shape index (κ3) is 3.37. The van der Waals surface area contributed by atoms with E-state index in [0.29, 0.717) is 23.4 Å². The van der Waals surface area contributed by atoms with E-state index in [1.165, 1.54) is 18.3 Å². The predicted molar refractivity (Wildman–Crippen MR) is 95.0 cm³/mol. The van der Waals surface area contributed by atoms with Gasteiger partial charge in [0.1, 0.15) is 6.17 Å². The van der Waals surface area contributed by atoms with Crippen LogP contribution in [-0.2, 0) is 11.0 Å². The zero-order chi connectivity index (χ0) is 20.1. The maximum atomic E-state index is 14.8. The number of rotatable bonds is 2.